The third kappa shape index (κ3) is 3.47. The van der Waals surface area contributed by atoms with Crippen molar-refractivity contribution in [1.29, 1.82) is 0 Å². The van der Waals surface area contributed by atoms with E-state index in [2.05, 4.69) is 129 Å². The van der Waals surface area contributed by atoms with Gasteiger partial charge in [0.1, 0.15) is 0 Å². The van der Waals surface area contributed by atoms with Crippen molar-refractivity contribution >= 4 is 40.2 Å². The molecule has 0 bridgehead atoms. The van der Waals surface area contributed by atoms with E-state index in [1.807, 2.05) is 0 Å². The lowest BCUT2D eigenvalue weighted by Gasteiger charge is -2.46. The molecule has 2 aliphatic carbocycles. The van der Waals surface area contributed by atoms with E-state index in [0.717, 1.165) is 40.9 Å². The fraction of sp³-hybridized carbons (Fsp3) is 0.415. The lowest BCUT2D eigenvalue weighted by atomic mass is 9.30. The number of anilines is 3. The zero-order chi connectivity index (χ0) is 33.1. The third-order valence-electron chi connectivity index (χ3n) is 11.6. The predicted molar refractivity (Wildman–Crippen MR) is 186 cm³/mol. The summed E-state index contributed by atoms with van der Waals surface area (Å²) in [5.41, 5.74) is 13.8. The highest BCUT2D eigenvalue weighted by atomic mass is 15.2. The quantitative estimate of drug-likeness (QED) is 0.184. The van der Waals surface area contributed by atoms with Crippen LogP contribution in [0.2, 0.25) is 0 Å². The molecule has 4 aromatic carbocycles. The maximum atomic E-state index is 9.57. The highest BCUT2D eigenvalue weighted by Gasteiger charge is 2.49. The predicted octanol–water partition coefficient (Wildman–Crippen LogP) is 8.54. The summed E-state index contributed by atoms with van der Waals surface area (Å²) in [6, 6.07) is 20.9. The largest absolute Gasteiger partial charge is 0.311 e. The maximum absolute atomic E-state index is 9.57. The minimum Gasteiger partial charge on any atom is -0.311 e. The van der Waals surface area contributed by atoms with Gasteiger partial charge in [-0.1, -0.05) is 123 Å². The normalized spacial score (nSPS) is 22.9. The molecule has 0 aromatic heterocycles. The van der Waals surface area contributed by atoms with Crippen LogP contribution in [0.25, 0.3) is 0 Å². The Morgan fingerprint density at radius 1 is 0.581 bits per heavy atom. The summed E-state index contributed by atoms with van der Waals surface area (Å²) < 4.78 is 28.1. The van der Waals surface area contributed by atoms with Crippen LogP contribution >= 0.6 is 0 Å². The van der Waals surface area contributed by atoms with Crippen LogP contribution in [-0.2, 0) is 27.1 Å². The van der Waals surface area contributed by atoms with Gasteiger partial charge in [0, 0.05) is 22.5 Å². The van der Waals surface area contributed by atoms with Crippen LogP contribution in [0, 0.1) is 0 Å². The van der Waals surface area contributed by atoms with Crippen LogP contribution in [0.15, 0.2) is 72.7 Å². The molecule has 0 radical (unpaired) electrons. The van der Waals surface area contributed by atoms with Gasteiger partial charge in [-0.3, -0.25) is 0 Å². The van der Waals surface area contributed by atoms with E-state index in [4.69, 9.17) is 0 Å². The Morgan fingerprint density at radius 2 is 1.19 bits per heavy atom. The summed E-state index contributed by atoms with van der Waals surface area (Å²) in [5.74, 6) is 0. The molecule has 0 saturated carbocycles. The Kier molecular flexibility index (Phi) is 4.52. The van der Waals surface area contributed by atoms with Crippen molar-refractivity contribution in [2.75, 3.05) is 4.90 Å². The molecule has 0 N–H and O–H groups in total. The molecule has 2 heterocycles. The Balaban J connectivity index is 1.54. The first-order valence-electron chi connectivity index (χ1n) is 17.7. The second-order valence-corrected chi connectivity index (χ2v) is 17.1. The van der Waals surface area contributed by atoms with Gasteiger partial charge in [-0.05, 0) is 103 Å². The summed E-state index contributed by atoms with van der Waals surface area (Å²) in [6.07, 6.45) is 2.16. The van der Waals surface area contributed by atoms with Gasteiger partial charge in [-0.15, -0.1) is 0 Å². The number of nitrogens with zero attached hydrogens (tertiary/aromatic N) is 1. The summed E-state index contributed by atoms with van der Waals surface area (Å²) in [4.78, 5) is 2.32. The lowest BCUT2D eigenvalue weighted by molar-refractivity contribution is 0.403. The van der Waals surface area contributed by atoms with Crippen LogP contribution in [0.1, 0.15) is 120 Å². The number of benzene rings is 4. The Bertz CT molecular complexity index is 2030. The van der Waals surface area contributed by atoms with Crippen molar-refractivity contribution in [3.05, 3.63) is 106 Å². The van der Waals surface area contributed by atoms with Gasteiger partial charge in [0.05, 0.1) is 4.11 Å². The van der Waals surface area contributed by atoms with E-state index >= 15 is 0 Å². The van der Waals surface area contributed by atoms with Crippen LogP contribution in [0.4, 0.5) is 17.1 Å². The Labute approximate surface area is 264 Å². The molecule has 0 amide bonds. The average molecular weight is 567 g/mol. The number of hydrogen-bond donors (Lipinski definition) is 0. The van der Waals surface area contributed by atoms with Gasteiger partial charge in [0.2, 0.25) is 6.71 Å². The minimum atomic E-state index is -0.483. The van der Waals surface area contributed by atoms with E-state index in [-0.39, 0.29) is 46.5 Å². The molecule has 4 aromatic rings. The molecule has 0 spiro atoms. The summed E-state index contributed by atoms with van der Waals surface area (Å²) in [7, 11) is 0. The monoisotopic (exact) mass is 566 g/mol. The molecular formula is C41H46BN. The van der Waals surface area contributed by atoms with Gasteiger partial charge in [0.25, 0.3) is 0 Å². The number of fused-ring (bicyclic) bond motifs is 6. The number of hydrogen-bond acceptors (Lipinski definition) is 1. The second kappa shape index (κ2) is 8.06. The van der Waals surface area contributed by atoms with Crippen molar-refractivity contribution in [3.8, 4) is 0 Å². The Hall–Kier alpha value is -3.26. The van der Waals surface area contributed by atoms with E-state index in [0.29, 0.717) is 0 Å². The summed E-state index contributed by atoms with van der Waals surface area (Å²) in [6.45, 7) is 23.2. The molecule has 4 aliphatic rings. The van der Waals surface area contributed by atoms with Gasteiger partial charge >= 0.3 is 0 Å². The zero-order valence-electron chi connectivity index (χ0n) is 30.6. The molecule has 0 fully saturated rings. The van der Waals surface area contributed by atoms with E-state index < -0.39 is 5.41 Å². The second-order valence-electron chi connectivity index (χ2n) is 17.1. The minimum absolute atomic E-state index is 0.0107. The van der Waals surface area contributed by atoms with Crippen molar-refractivity contribution in [2.24, 2.45) is 0 Å². The number of rotatable bonds is 1. The first kappa shape index (κ1) is 24.1. The van der Waals surface area contributed by atoms with Gasteiger partial charge in [-0.2, -0.15) is 0 Å². The van der Waals surface area contributed by atoms with Crippen LogP contribution < -0.4 is 21.3 Å². The highest BCUT2D eigenvalue weighted by Crippen LogP contribution is 2.54. The van der Waals surface area contributed by atoms with Gasteiger partial charge in [0.15, 0.2) is 0 Å². The lowest BCUT2D eigenvalue weighted by Crippen LogP contribution is -2.64. The van der Waals surface area contributed by atoms with Crippen LogP contribution in [0.5, 0.6) is 0 Å². The molecule has 218 valence electrons. The fourth-order valence-corrected chi connectivity index (χ4v) is 10.2. The SMILES string of the molecule is [2H]c1c([2H])c2c3c(c1[2H])C(C)(C)c1ccccc1B3c1cc3c(cc1N2c1ccc2c(c1)C(C)(C)CC2(C)C)C(C)(C)CC3(C)C. The molecule has 1 nitrogen and oxygen atoms in total. The smallest absolute Gasteiger partial charge is 0.247 e. The molecule has 2 aliphatic heterocycles. The van der Waals surface area contributed by atoms with Crippen molar-refractivity contribution in [1.82, 2.24) is 0 Å². The fourth-order valence-electron chi connectivity index (χ4n) is 10.2. The molecule has 43 heavy (non-hydrogen) atoms. The average Bonchev–Trinajstić information content (AvgIpc) is 3.27. The van der Waals surface area contributed by atoms with Gasteiger partial charge in [-0.25, -0.2) is 0 Å². The first-order chi connectivity index (χ1) is 21.3. The first-order valence-corrected chi connectivity index (χ1v) is 16.2. The molecule has 2 heteroatoms. The summed E-state index contributed by atoms with van der Waals surface area (Å²) in [5, 5.41) is 0. The van der Waals surface area contributed by atoms with Crippen LogP contribution in [-0.4, -0.2) is 6.71 Å². The van der Waals surface area contributed by atoms with Crippen molar-refractivity contribution in [2.45, 2.75) is 109 Å². The Morgan fingerprint density at radius 3 is 1.88 bits per heavy atom. The standard InChI is InChI=1S/C41H46BN/c1-37(2)23-38(3,4)29-20-25(18-19-26(29)37)43-34-17-13-15-28-36(34)42(32-16-12-11-14-27(32)41(28,9)10)33-21-30-31(22-35(33)43)40(7,8)24-39(30,5)6/h11-22H,23-24H2,1-10H3/i13D,15D,17D. The maximum Gasteiger partial charge on any atom is 0.247 e. The van der Waals surface area contributed by atoms with E-state index in [1.54, 1.807) is 0 Å². The van der Waals surface area contributed by atoms with E-state index in [1.165, 1.54) is 38.7 Å². The molecule has 0 saturated heterocycles. The van der Waals surface area contributed by atoms with Crippen molar-refractivity contribution < 1.29 is 4.11 Å². The van der Waals surface area contributed by atoms with Crippen LogP contribution in [0.3, 0.4) is 0 Å². The molecule has 0 atom stereocenters. The van der Waals surface area contributed by atoms with Crippen molar-refractivity contribution in [3.63, 3.8) is 0 Å². The van der Waals surface area contributed by atoms with E-state index in [9.17, 15) is 4.11 Å². The zero-order valence-corrected chi connectivity index (χ0v) is 27.6. The topological polar surface area (TPSA) is 3.24 Å². The third-order valence-corrected chi connectivity index (χ3v) is 11.6. The molecular weight excluding hydrogens is 517 g/mol. The van der Waals surface area contributed by atoms with Gasteiger partial charge < -0.3 is 4.90 Å². The molecule has 0 unspecified atom stereocenters. The highest BCUT2D eigenvalue weighted by molar-refractivity contribution is 6.99. The summed E-state index contributed by atoms with van der Waals surface area (Å²) >= 11 is 0. The molecule has 8 rings (SSSR count).